The lowest BCUT2D eigenvalue weighted by molar-refractivity contribution is -0.136. The topological polar surface area (TPSA) is 75.6 Å². The van der Waals surface area contributed by atoms with E-state index >= 15 is 0 Å². The second kappa shape index (κ2) is 5.61. The Bertz CT molecular complexity index is 616. The Labute approximate surface area is 116 Å². The Kier molecular flexibility index (Phi) is 3.89. The summed E-state index contributed by atoms with van der Waals surface area (Å²) in [4.78, 5) is 23.2. The standard InChI is InChI=1S/C15H15NO4/c1-9-4-3-5-10(6-9)13-11(14(17)18)7-16-8-12(13)15(19)20-2/h3-8,13,16H,1-2H3,(H,17,18). The van der Waals surface area contributed by atoms with Crippen LogP contribution < -0.4 is 5.32 Å². The molecule has 1 aromatic carbocycles. The van der Waals surface area contributed by atoms with E-state index in [0.29, 0.717) is 0 Å². The molecule has 5 heteroatoms. The van der Waals surface area contributed by atoms with Gasteiger partial charge in [-0.05, 0) is 12.5 Å². The molecule has 0 saturated heterocycles. The molecule has 0 fully saturated rings. The molecule has 0 amide bonds. The second-order valence-corrected chi connectivity index (χ2v) is 4.51. The summed E-state index contributed by atoms with van der Waals surface area (Å²) in [6, 6.07) is 7.41. The van der Waals surface area contributed by atoms with E-state index in [0.717, 1.165) is 11.1 Å². The Balaban J connectivity index is 2.52. The summed E-state index contributed by atoms with van der Waals surface area (Å²) in [6.07, 6.45) is 2.87. The van der Waals surface area contributed by atoms with Crippen LogP contribution in [0.25, 0.3) is 0 Å². The molecule has 0 radical (unpaired) electrons. The quantitative estimate of drug-likeness (QED) is 0.820. The smallest absolute Gasteiger partial charge is 0.336 e. The normalized spacial score (nSPS) is 17.6. The fourth-order valence-corrected chi connectivity index (χ4v) is 2.24. The summed E-state index contributed by atoms with van der Waals surface area (Å²) in [5.41, 5.74) is 2.13. The van der Waals surface area contributed by atoms with Gasteiger partial charge in [-0.1, -0.05) is 29.8 Å². The highest BCUT2D eigenvalue weighted by atomic mass is 16.5. The van der Waals surface area contributed by atoms with Crippen molar-refractivity contribution in [2.45, 2.75) is 12.8 Å². The van der Waals surface area contributed by atoms with Gasteiger partial charge in [0.1, 0.15) is 0 Å². The van der Waals surface area contributed by atoms with E-state index in [1.54, 1.807) is 6.07 Å². The Morgan fingerprint density at radius 1 is 1.25 bits per heavy atom. The summed E-state index contributed by atoms with van der Waals surface area (Å²) in [5, 5.41) is 12.0. The lowest BCUT2D eigenvalue weighted by Crippen LogP contribution is -2.25. The Hall–Kier alpha value is -2.56. The lowest BCUT2D eigenvalue weighted by Gasteiger charge is -2.23. The van der Waals surface area contributed by atoms with Crippen LogP contribution in [0.2, 0.25) is 0 Å². The molecule has 1 aliphatic rings. The van der Waals surface area contributed by atoms with Crippen molar-refractivity contribution in [3.8, 4) is 0 Å². The molecule has 0 saturated carbocycles. The molecule has 1 atom stereocenters. The van der Waals surface area contributed by atoms with Crippen LogP contribution in [0.4, 0.5) is 0 Å². The van der Waals surface area contributed by atoms with Gasteiger partial charge >= 0.3 is 11.9 Å². The van der Waals surface area contributed by atoms with Gasteiger partial charge in [0.2, 0.25) is 0 Å². The first-order valence-corrected chi connectivity index (χ1v) is 6.09. The highest BCUT2D eigenvalue weighted by molar-refractivity contribution is 5.97. The summed E-state index contributed by atoms with van der Waals surface area (Å²) < 4.78 is 4.73. The highest BCUT2D eigenvalue weighted by Crippen LogP contribution is 2.34. The molecule has 0 bridgehead atoms. The monoisotopic (exact) mass is 273 g/mol. The molecule has 1 aliphatic heterocycles. The minimum atomic E-state index is -1.07. The van der Waals surface area contributed by atoms with Crippen LogP contribution in [-0.2, 0) is 14.3 Å². The maximum Gasteiger partial charge on any atom is 0.336 e. The minimum Gasteiger partial charge on any atom is -0.478 e. The molecule has 1 heterocycles. The van der Waals surface area contributed by atoms with Crippen LogP contribution in [-0.4, -0.2) is 24.2 Å². The predicted molar refractivity (Wildman–Crippen MR) is 72.9 cm³/mol. The Morgan fingerprint density at radius 2 is 1.95 bits per heavy atom. The number of carboxylic acid groups (broad SMARTS) is 1. The predicted octanol–water partition coefficient (Wildman–Crippen LogP) is 1.71. The third kappa shape index (κ3) is 2.56. The zero-order valence-electron chi connectivity index (χ0n) is 11.2. The number of carboxylic acids is 1. The van der Waals surface area contributed by atoms with Crippen molar-refractivity contribution in [2.24, 2.45) is 0 Å². The summed E-state index contributed by atoms with van der Waals surface area (Å²) in [6.45, 7) is 1.91. The summed E-state index contributed by atoms with van der Waals surface area (Å²) >= 11 is 0. The summed E-state index contributed by atoms with van der Waals surface area (Å²) in [7, 11) is 1.27. The molecular formula is C15H15NO4. The van der Waals surface area contributed by atoms with Gasteiger partial charge in [-0.2, -0.15) is 0 Å². The van der Waals surface area contributed by atoms with Gasteiger partial charge in [0.15, 0.2) is 0 Å². The third-order valence-electron chi connectivity index (χ3n) is 3.14. The van der Waals surface area contributed by atoms with E-state index in [2.05, 4.69) is 5.32 Å². The number of esters is 1. The molecule has 104 valence electrons. The van der Waals surface area contributed by atoms with Gasteiger partial charge in [0.25, 0.3) is 0 Å². The largest absolute Gasteiger partial charge is 0.478 e. The number of methoxy groups -OCH3 is 1. The number of carbonyl (C=O) groups is 2. The van der Waals surface area contributed by atoms with E-state index in [4.69, 9.17) is 4.74 Å². The van der Waals surface area contributed by atoms with Crippen LogP contribution in [0.5, 0.6) is 0 Å². The van der Waals surface area contributed by atoms with Crippen molar-refractivity contribution in [1.82, 2.24) is 5.32 Å². The van der Waals surface area contributed by atoms with Crippen molar-refractivity contribution < 1.29 is 19.4 Å². The number of ether oxygens (including phenoxy) is 1. The Morgan fingerprint density at radius 3 is 2.55 bits per heavy atom. The molecule has 5 nitrogen and oxygen atoms in total. The number of nitrogens with one attached hydrogen (secondary N) is 1. The minimum absolute atomic E-state index is 0.110. The van der Waals surface area contributed by atoms with Crippen LogP contribution in [0.15, 0.2) is 47.8 Å². The van der Waals surface area contributed by atoms with E-state index in [-0.39, 0.29) is 11.1 Å². The zero-order chi connectivity index (χ0) is 14.7. The average Bonchev–Trinajstić information content (AvgIpc) is 2.45. The maximum atomic E-state index is 11.9. The first kappa shape index (κ1) is 13.9. The van der Waals surface area contributed by atoms with Gasteiger partial charge in [-0.3, -0.25) is 0 Å². The van der Waals surface area contributed by atoms with Crippen molar-refractivity contribution >= 4 is 11.9 Å². The first-order valence-electron chi connectivity index (χ1n) is 6.09. The van der Waals surface area contributed by atoms with Gasteiger partial charge in [-0.15, -0.1) is 0 Å². The number of aryl methyl sites for hydroxylation is 1. The molecule has 1 unspecified atom stereocenters. The molecule has 0 aromatic heterocycles. The SMILES string of the molecule is COC(=O)C1=CNC=C(C(=O)O)C1c1cccc(C)c1. The molecule has 1 aromatic rings. The molecule has 20 heavy (non-hydrogen) atoms. The van der Waals surface area contributed by atoms with E-state index in [1.807, 2.05) is 25.1 Å². The van der Waals surface area contributed by atoms with Crippen molar-refractivity contribution in [1.29, 1.82) is 0 Å². The van der Waals surface area contributed by atoms with Gasteiger partial charge in [-0.25, -0.2) is 9.59 Å². The molecule has 0 aliphatic carbocycles. The van der Waals surface area contributed by atoms with E-state index in [1.165, 1.54) is 19.5 Å². The van der Waals surface area contributed by atoms with Crippen LogP contribution in [0, 0.1) is 6.92 Å². The molecular weight excluding hydrogens is 258 g/mol. The third-order valence-corrected chi connectivity index (χ3v) is 3.14. The lowest BCUT2D eigenvalue weighted by atomic mass is 9.83. The number of benzene rings is 1. The number of carbonyl (C=O) groups excluding carboxylic acids is 1. The van der Waals surface area contributed by atoms with Gasteiger partial charge in [0.05, 0.1) is 24.2 Å². The molecule has 2 rings (SSSR count). The van der Waals surface area contributed by atoms with Gasteiger partial charge in [0, 0.05) is 12.4 Å². The average molecular weight is 273 g/mol. The second-order valence-electron chi connectivity index (χ2n) is 4.51. The molecule has 2 N–H and O–H groups in total. The number of rotatable bonds is 3. The maximum absolute atomic E-state index is 11.9. The van der Waals surface area contributed by atoms with Crippen molar-refractivity contribution in [3.05, 3.63) is 58.9 Å². The molecule has 0 spiro atoms. The van der Waals surface area contributed by atoms with Crippen LogP contribution >= 0.6 is 0 Å². The number of dihydropyridines is 1. The zero-order valence-corrected chi connectivity index (χ0v) is 11.2. The first-order chi connectivity index (χ1) is 9.54. The number of hydrogen-bond donors (Lipinski definition) is 2. The highest BCUT2D eigenvalue weighted by Gasteiger charge is 2.32. The van der Waals surface area contributed by atoms with E-state index < -0.39 is 17.9 Å². The fraction of sp³-hybridized carbons (Fsp3) is 0.200. The number of aliphatic carboxylic acids is 1. The van der Waals surface area contributed by atoms with Crippen LogP contribution in [0.3, 0.4) is 0 Å². The number of hydrogen-bond acceptors (Lipinski definition) is 4. The van der Waals surface area contributed by atoms with Crippen molar-refractivity contribution in [3.63, 3.8) is 0 Å². The van der Waals surface area contributed by atoms with Gasteiger partial charge < -0.3 is 15.2 Å². The van der Waals surface area contributed by atoms with Crippen molar-refractivity contribution in [2.75, 3.05) is 7.11 Å². The fourth-order valence-electron chi connectivity index (χ4n) is 2.24. The van der Waals surface area contributed by atoms with E-state index in [9.17, 15) is 14.7 Å². The van der Waals surface area contributed by atoms with Crippen LogP contribution in [0.1, 0.15) is 17.0 Å². The summed E-state index contributed by atoms with van der Waals surface area (Å²) in [5.74, 6) is -2.25.